The number of aliphatic hydroxyl groups is 6. The molecule has 0 radical (unpaired) electrons. The van der Waals surface area contributed by atoms with Crippen LogP contribution in [0.2, 0.25) is 0 Å². The Balaban J connectivity index is 1.08. The normalized spacial score (nSPS) is 56.0. The molecule has 18 atom stereocenters. The fraction of sp³-hybridized carbons (Fsp3) is 1.00. The molecule has 2 aliphatic heterocycles. The van der Waals surface area contributed by atoms with Crippen LogP contribution in [0.1, 0.15) is 85.5 Å². The molecule has 10 nitrogen and oxygen atoms in total. The molecule has 0 aromatic heterocycles. The number of aliphatic hydroxyl groups excluding tert-OH is 6. The van der Waals surface area contributed by atoms with Crippen LogP contribution in [0.15, 0.2) is 0 Å². The van der Waals surface area contributed by atoms with Gasteiger partial charge in [0.15, 0.2) is 12.1 Å². The van der Waals surface area contributed by atoms with E-state index in [4.69, 9.17) is 18.9 Å². The van der Waals surface area contributed by atoms with Gasteiger partial charge in [0.25, 0.3) is 0 Å². The molecule has 2 saturated heterocycles. The number of rotatable bonds is 8. The summed E-state index contributed by atoms with van der Waals surface area (Å²) in [5.74, 6) is 2.37. The molecular formula is C34H58O10. The molecule has 10 heteroatoms. The van der Waals surface area contributed by atoms with E-state index in [1.165, 1.54) is 12.8 Å². The third-order valence-corrected chi connectivity index (χ3v) is 14.1. The monoisotopic (exact) mass is 626 g/mol. The maximum Gasteiger partial charge on any atom is 0.186 e. The first-order valence-electron chi connectivity index (χ1n) is 17.3. The minimum absolute atomic E-state index is 0.0877. The highest BCUT2D eigenvalue weighted by molar-refractivity contribution is 5.15. The zero-order valence-corrected chi connectivity index (χ0v) is 27.3. The first-order valence-corrected chi connectivity index (χ1v) is 17.3. The Kier molecular flexibility index (Phi) is 9.32. The van der Waals surface area contributed by atoms with Crippen LogP contribution in [-0.4, -0.2) is 106 Å². The number of hydrogen-bond acceptors (Lipinski definition) is 10. The average Bonchev–Trinajstić information content (AvgIpc) is 3.45. The molecule has 0 spiro atoms. The number of fused-ring (bicyclic) bond motifs is 7. The molecule has 0 amide bonds. The second-order valence-electron chi connectivity index (χ2n) is 16.2. The second-order valence-corrected chi connectivity index (χ2v) is 16.2. The van der Waals surface area contributed by atoms with Gasteiger partial charge in [-0.2, -0.15) is 0 Å². The van der Waals surface area contributed by atoms with Crippen LogP contribution in [0.3, 0.4) is 0 Å². The van der Waals surface area contributed by atoms with Crippen LogP contribution in [0, 0.1) is 52.3 Å². The minimum Gasteiger partial charge on any atom is -0.394 e. The summed E-state index contributed by atoms with van der Waals surface area (Å²) >= 11 is 0. The van der Waals surface area contributed by atoms with Gasteiger partial charge in [0, 0.05) is 19.4 Å². The first kappa shape index (κ1) is 33.5. The Hall–Kier alpha value is -0.400. The fourth-order valence-corrected chi connectivity index (χ4v) is 11.6. The van der Waals surface area contributed by atoms with Crippen molar-refractivity contribution in [1.29, 1.82) is 0 Å². The van der Waals surface area contributed by atoms with E-state index in [0.29, 0.717) is 42.4 Å². The summed E-state index contributed by atoms with van der Waals surface area (Å²) < 4.78 is 24.5. The van der Waals surface area contributed by atoms with Crippen LogP contribution in [0.4, 0.5) is 0 Å². The van der Waals surface area contributed by atoms with Crippen molar-refractivity contribution < 1.29 is 49.6 Å². The smallest absolute Gasteiger partial charge is 0.186 e. The second kappa shape index (κ2) is 12.2. The molecule has 6 N–H and O–H groups in total. The zero-order valence-electron chi connectivity index (χ0n) is 27.3. The highest BCUT2D eigenvalue weighted by Crippen LogP contribution is 2.71. The molecule has 6 rings (SSSR count). The number of hydrogen-bond donors (Lipinski definition) is 6. The Morgan fingerprint density at radius 3 is 2.36 bits per heavy atom. The molecule has 2 heterocycles. The van der Waals surface area contributed by atoms with Gasteiger partial charge in [-0.3, -0.25) is 0 Å². The van der Waals surface area contributed by atoms with Crippen LogP contribution in [0.5, 0.6) is 0 Å². The van der Waals surface area contributed by atoms with E-state index in [2.05, 4.69) is 27.7 Å². The Labute approximate surface area is 262 Å². The van der Waals surface area contributed by atoms with Crippen LogP contribution >= 0.6 is 0 Å². The minimum atomic E-state index is -1.45. The van der Waals surface area contributed by atoms with E-state index in [1.807, 2.05) is 0 Å². The van der Waals surface area contributed by atoms with Crippen molar-refractivity contribution in [3.05, 3.63) is 0 Å². The Bertz CT molecular complexity index is 1010. The van der Waals surface area contributed by atoms with Gasteiger partial charge in [-0.25, -0.2) is 0 Å². The molecule has 44 heavy (non-hydrogen) atoms. The Morgan fingerprint density at radius 1 is 0.909 bits per heavy atom. The summed E-state index contributed by atoms with van der Waals surface area (Å²) in [4.78, 5) is 0. The molecule has 0 bridgehead atoms. The quantitative estimate of drug-likeness (QED) is 0.236. The molecule has 6 aliphatic rings. The van der Waals surface area contributed by atoms with Gasteiger partial charge < -0.3 is 49.6 Å². The van der Waals surface area contributed by atoms with E-state index in [-0.39, 0.29) is 35.4 Å². The summed E-state index contributed by atoms with van der Waals surface area (Å²) in [7, 11) is 1.76. The lowest BCUT2D eigenvalue weighted by molar-refractivity contribution is -0.303. The molecule has 0 aromatic carbocycles. The van der Waals surface area contributed by atoms with Crippen molar-refractivity contribution in [2.24, 2.45) is 52.3 Å². The Morgan fingerprint density at radius 2 is 1.66 bits per heavy atom. The molecule has 6 fully saturated rings. The van der Waals surface area contributed by atoms with Crippen molar-refractivity contribution in [3.63, 3.8) is 0 Å². The van der Waals surface area contributed by atoms with Crippen molar-refractivity contribution in [2.45, 2.75) is 140 Å². The average molecular weight is 627 g/mol. The lowest BCUT2D eigenvalue weighted by Gasteiger charge is -2.61. The van der Waals surface area contributed by atoms with Gasteiger partial charge in [-0.1, -0.05) is 27.7 Å². The van der Waals surface area contributed by atoms with Crippen molar-refractivity contribution >= 4 is 0 Å². The lowest BCUT2D eigenvalue weighted by atomic mass is 9.44. The lowest BCUT2D eigenvalue weighted by Crippen LogP contribution is -2.59. The van der Waals surface area contributed by atoms with Gasteiger partial charge in [0.05, 0.1) is 31.5 Å². The topological polar surface area (TPSA) is 158 Å². The molecule has 4 aliphatic carbocycles. The van der Waals surface area contributed by atoms with E-state index in [0.717, 1.165) is 32.1 Å². The highest BCUT2D eigenvalue weighted by Gasteiger charge is 2.69. The van der Waals surface area contributed by atoms with Crippen LogP contribution in [-0.2, 0) is 18.9 Å². The third kappa shape index (κ3) is 5.22. The fourth-order valence-electron chi connectivity index (χ4n) is 11.6. The van der Waals surface area contributed by atoms with Gasteiger partial charge in [-0.05, 0) is 97.7 Å². The standard InChI is InChI=1S/C34H58O10/c1-17(16-42-31-30(40)29(39)28(38)26(15-35)43-31)8-11-34(41-5)18(2)27-25(44-34)13-22-20-7-6-19-12-23(36)24(37)14-33(19,4)21(20)9-10-32(22,27)3/h17-31,35-40H,6-16H2,1-5H3/t17-,18+,19+,20-,21+,22+,23-,24-,25+,26-,27+,28-,29+,30-,31-,32+,33+,34?/m1/s1. The van der Waals surface area contributed by atoms with Crippen LogP contribution in [0.25, 0.3) is 0 Å². The number of methoxy groups -OCH3 is 1. The zero-order chi connectivity index (χ0) is 31.8. The molecular weight excluding hydrogens is 568 g/mol. The van der Waals surface area contributed by atoms with Gasteiger partial charge in [0.2, 0.25) is 0 Å². The van der Waals surface area contributed by atoms with E-state index in [1.54, 1.807) is 7.11 Å². The van der Waals surface area contributed by atoms with E-state index >= 15 is 0 Å². The number of ether oxygens (including phenoxy) is 4. The first-order chi connectivity index (χ1) is 20.8. The largest absolute Gasteiger partial charge is 0.394 e. The molecule has 4 saturated carbocycles. The summed E-state index contributed by atoms with van der Waals surface area (Å²) in [6.07, 6.45) is 1.27. The van der Waals surface area contributed by atoms with Gasteiger partial charge in [0.1, 0.15) is 24.4 Å². The summed E-state index contributed by atoms with van der Waals surface area (Å²) in [5.41, 5.74) is 0.274. The molecule has 1 unspecified atom stereocenters. The van der Waals surface area contributed by atoms with Crippen molar-refractivity contribution in [3.8, 4) is 0 Å². The van der Waals surface area contributed by atoms with Gasteiger partial charge in [-0.15, -0.1) is 0 Å². The summed E-state index contributed by atoms with van der Waals surface area (Å²) in [6, 6.07) is 0. The SMILES string of the molecule is COC1(CC[C@@H](C)CO[C@@H]2O[C@H](CO)[C@@H](O)[C@H](O)[C@H]2O)O[C@H]2C[C@H]3[C@@H]4CC[C@H]5C[C@@H](O)[C@H](O)C[C@]5(C)[C@H]4CC[C@]3(C)[C@H]2[C@@H]1C. The summed E-state index contributed by atoms with van der Waals surface area (Å²) in [6.45, 7) is 9.07. The molecule has 254 valence electrons. The van der Waals surface area contributed by atoms with Crippen molar-refractivity contribution in [2.75, 3.05) is 20.3 Å². The van der Waals surface area contributed by atoms with Crippen molar-refractivity contribution in [1.82, 2.24) is 0 Å². The maximum atomic E-state index is 10.7. The highest BCUT2D eigenvalue weighted by atomic mass is 16.7. The predicted molar refractivity (Wildman–Crippen MR) is 160 cm³/mol. The van der Waals surface area contributed by atoms with Crippen LogP contribution < -0.4 is 0 Å². The third-order valence-electron chi connectivity index (χ3n) is 14.1. The van der Waals surface area contributed by atoms with E-state index < -0.39 is 55.3 Å². The molecule has 0 aromatic rings. The van der Waals surface area contributed by atoms with E-state index in [9.17, 15) is 30.6 Å². The predicted octanol–water partition coefficient (Wildman–Crippen LogP) is 2.20. The maximum absolute atomic E-state index is 10.7. The summed E-state index contributed by atoms with van der Waals surface area (Å²) in [5, 5.41) is 61.0. The van der Waals surface area contributed by atoms with Gasteiger partial charge >= 0.3 is 0 Å².